The number of aliphatic hydroxyl groups excluding tert-OH is 2. The maximum atomic E-state index is 10.8. The first kappa shape index (κ1) is 24.9. The van der Waals surface area contributed by atoms with Gasteiger partial charge in [-0.05, 0) is 88.4 Å². The lowest BCUT2D eigenvalue weighted by Gasteiger charge is -2.36. The summed E-state index contributed by atoms with van der Waals surface area (Å²) in [7, 11) is 0. The summed E-state index contributed by atoms with van der Waals surface area (Å²) < 4.78 is 24.8. The second-order valence-electron chi connectivity index (χ2n) is 10.6. The van der Waals surface area contributed by atoms with Crippen LogP contribution in [-0.2, 0) is 18.9 Å². The fourth-order valence-corrected chi connectivity index (χ4v) is 6.57. The van der Waals surface area contributed by atoms with Gasteiger partial charge in [-0.15, -0.1) is 0 Å². The van der Waals surface area contributed by atoms with Gasteiger partial charge in [0.05, 0.1) is 18.3 Å². The number of aliphatic hydroxyl groups is 2. The maximum Gasteiger partial charge on any atom is 0.157 e. The van der Waals surface area contributed by atoms with Crippen LogP contribution in [0.15, 0.2) is 0 Å². The first-order valence-corrected chi connectivity index (χ1v) is 13.6. The Hall–Kier alpha value is -0.240. The van der Waals surface area contributed by atoms with Crippen molar-refractivity contribution in [3.8, 4) is 0 Å². The Morgan fingerprint density at radius 2 is 1.47 bits per heavy atom. The Morgan fingerprint density at radius 1 is 0.781 bits per heavy atom. The van der Waals surface area contributed by atoms with E-state index in [1.165, 1.54) is 38.5 Å². The molecule has 186 valence electrons. The number of ether oxygens (including phenoxy) is 4. The van der Waals surface area contributed by atoms with Crippen LogP contribution in [0.3, 0.4) is 0 Å². The zero-order chi connectivity index (χ0) is 22.2. The molecule has 32 heavy (non-hydrogen) atoms. The highest BCUT2D eigenvalue weighted by Crippen LogP contribution is 2.42. The summed E-state index contributed by atoms with van der Waals surface area (Å²) in [5.41, 5.74) is 0. The summed E-state index contributed by atoms with van der Waals surface area (Å²) in [6, 6.07) is 0. The van der Waals surface area contributed by atoms with Crippen molar-refractivity contribution < 1.29 is 29.2 Å². The average Bonchev–Trinajstić information content (AvgIpc) is 3.12. The summed E-state index contributed by atoms with van der Waals surface area (Å²) in [5, 5.41) is 20.4. The average molecular weight is 455 g/mol. The van der Waals surface area contributed by atoms with Gasteiger partial charge in [0.1, 0.15) is 0 Å². The molecular weight excluding hydrogens is 408 g/mol. The topological polar surface area (TPSA) is 77.4 Å². The Morgan fingerprint density at radius 3 is 2.12 bits per heavy atom. The molecule has 0 spiro atoms. The molecule has 6 nitrogen and oxygen atoms in total. The third-order valence-corrected chi connectivity index (χ3v) is 8.35. The van der Waals surface area contributed by atoms with Crippen LogP contribution in [0, 0.1) is 17.8 Å². The van der Waals surface area contributed by atoms with Gasteiger partial charge in [0, 0.05) is 26.2 Å². The van der Waals surface area contributed by atoms with Crippen LogP contribution in [0.5, 0.6) is 0 Å². The molecule has 0 aromatic carbocycles. The van der Waals surface area contributed by atoms with Gasteiger partial charge in [-0.1, -0.05) is 19.3 Å². The highest BCUT2D eigenvalue weighted by molar-refractivity contribution is 4.93. The maximum absolute atomic E-state index is 10.8. The molecule has 2 saturated carbocycles. The zero-order valence-corrected chi connectivity index (χ0v) is 19.9. The minimum atomic E-state index is -0.406. The molecule has 7 atom stereocenters. The standard InChI is InChI=1S/C26H46O6/c27-15-14-20-21(24(18-22(20)28)32-26-11-5-7-17-30-26)12-13-23(19-8-2-1-3-9-19)31-25-10-4-6-16-29-25/h19-28H,1-18H2/t20-,21-,22+,23-,24-,25?,26?/m1/s1. The first-order valence-electron chi connectivity index (χ1n) is 13.6. The quantitative estimate of drug-likeness (QED) is 0.504. The third kappa shape index (κ3) is 6.89. The first-order chi connectivity index (χ1) is 15.7. The molecule has 2 heterocycles. The van der Waals surface area contributed by atoms with E-state index in [2.05, 4.69) is 0 Å². The molecule has 4 aliphatic rings. The summed E-state index contributed by atoms with van der Waals surface area (Å²) in [4.78, 5) is 0. The van der Waals surface area contributed by atoms with Crippen molar-refractivity contribution in [1.82, 2.24) is 0 Å². The van der Waals surface area contributed by atoms with Crippen LogP contribution in [-0.4, -0.2) is 60.9 Å². The van der Waals surface area contributed by atoms with Crippen molar-refractivity contribution in [3.63, 3.8) is 0 Å². The highest BCUT2D eigenvalue weighted by atomic mass is 16.7. The summed E-state index contributed by atoms with van der Waals surface area (Å²) >= 11 is 0. The minimum Gasteiger partial charge on any atom is -0.396 e. The van der Waals surface area contributed by atoms with E-state index < -0.39 is 6.10 Å². The molecule has 0 aromatic heterocycles. The molecule has 2 N–H and O–H groups in total. The van der Waals surface area contributed by atoms with Crippen molar-refractivity contribution in [2.24, 2.45) is 17.8 Å². The van der Waals surface area contributed by atoms with Gasteiger partial charge in [0.15, 0.2) is 12.6 Å². The molecular formula is C26H46O6. The van der Waals surface area contributed by atoms with Crippen molar-refractivity contribution in [1.29, 1.82) is 0 Å². The van der Waals surface area contributed by atoms with Gasteiger partial charge in [0.2, 0.25) is 0 Å². The van der Waals surface area contributed by atoms with Gasteiger partial charge in [-0.3, -0.25) is 0 Å². The van der Waals surface area contributed by atoms with Crippen LogP contribution in [0.2, 0.25) is 0 Å². The fraction of sp³-hybridized carbons (Fsp3) is 1.00. The number of hydrogen-bond acceptors (Lipinski definition) is 6. The number of hydrogen-bond donors (Lipinski definition) is 2. The number of rotatable bonds is 10. The van der Waals surface area contributed by atoms with E-state index in [-0.39, 0.29) is 43.2 Å². The van der Waals surface area contributed by atoms with E-state index in [0.29, 0.717) is 18.8 Å². The molecule has 6 heteroatoms. The van der Waals surface area contributed by atoms with Crippen molar-refractivity contribution >= 4 is 0 Å². The second kappa shape index (κ2) is 13.0. The van der Waals surface area contributed by atoms with Crippen LogP contribution in [0.25, 0.3) is 0 Å². The van der Waals surface area contributed by atoms with E-state index >= 15 is 0 Å². The third-order valence-electron chi connectivity index (χ3n) is 8.35. The van der Waals surface area contributed by atoms with Crippen molar-refractivity contribution in [2.45, 2.75) is 127 Å². The molecule has 2 aliphatic heterocycles. The minimum absolute atomic E-state index is 0.00239. The Kier molecular flexibility index (Phi) is 10.1. The highest BCUT2D eigenvalue weighted by Gasteiger charge is 2.44. The fourth-order valence-electron chi connectivity index (χ4n) is 6.57. The lowest BCUT2D eigenvalue weighted by atomic mass is 9.80. The van der Waals surface area contributed by atoms with E-state index in [9.17, 15) is 10.2 Å². The predicted molar refractivity (Wildman–Crippen MR) is 122 cm³/mol. The van der Waals surface area contributed by atoms with Gasteiger partial charge < -0.3 is 29.2 Å². The van der Waals surface area contributed by atoms with Crippen LogP contribution in [0.1, 0.15) is 96.3 Å². The summed E-state index contributed by atoms with van der Waals surface area (Å²) in [6.07, 6.45) is 15.8. The Balaban J connectivity index is 1.39. The zero-order valence-electron chi connectivity index (χ0n) is 19.9. The molecule has 0 radical (unpaired) electrons. The van der Waals surface area contributed by atoms with Gasteiger partial charge in [-0.2, -0.15) is 0 Å². The molecule has 4 rings (SSSR count). The van der Waals surface area contributed by atoms with E-state index in [4.69, 9.17) is 18.9 Å². The van der Waals surface area contributed by atoms with Gasteiger partial charge in [-0.25, -0.2) is 0 Å². The molecule has 0 aromatic rings. The molecule has 4 fully saturated rings. The predicted octanol–water partition coefficient (Wildman–Crippen LogP) is 4.55. The monoisotopic (exact) mass is 454 g/mol. The Bertz CT molecular complexity index is 512. The van der Waals surface area contributed by atoms with Gasteiger partial charge >= 0.3 is 0 Å². The van der Waals surface area contributed by atoms with Crippen molar-refractivity contribution in [3.05, 3.63) is 0 Å². The molecule has 0 bridgehead atoms. The largest absolute Gasteiger partial charge is 0.396 e. The van der Waals surface area contributed by atoms with Crippen molar-refractivity contribution in [2.75, 3.05) is 19.8 Å². The van der Waals surface area contributed by atoms with Crippen LogP contribution < -0.4 is 0 Å². The van der Waals surface area contributed by atoms with E-state index in [0.717, 1.165) is 58.2 Å². The van der Waals surface area contributed by atoms with Gasteiger partial charge in [0.25, 0.3) is 0 Å². The molecule has 2 aliphatic carbocycles. The summed E-state index contributed by atoms with van der Waals surface area (Å²) in [6.45, 7) is 1.69. The molecule has 2 unspecified atom stereocenters. The smallest absolute Gasteiger partial charge is 0.157 e. The molecule has 2 saturated heterocycles. The lowest BCUT2D eigenvalue weighted by molar-refractivity contribution is -0.207. The SMILES string of the molecule is OCC[C@@H]1[C@@H](CC[C@@H](OC2CCCCO2)C2CCCCC2)[C@H](OC2CCCCO2)C[C@@H]1O. The van der Waals surface area contributed by atoms with Crippen LogP contribution in [0.4, 0.5) is 0 Å². The van der Waals surface area contributed by atoms with Crippen LogP contribution >= 0.6 is 0 Å². The lowest BCUT2D eigenvalue weighted by Crippen LogP contribution is -2.36. The normalized spacial score (nSPS) is 38.1. The summed E-state index contributed by atoms with van der Waals surface area (Å²) in [5.74, 6) is 0.939. The Labute approximate surface area is 194 Å². The molecule has 0 amide bonds. The van der Waals surface area contributed by atoms with E-state index in [1.807, 2.05) is 0 Å². The second-order valence-corrected chi connectivity index (χ2v) is 10.6. The van der Waals surface area contributed by atoms with E-state index in [1.54, 1.807) is 0 Å².